The fourth-order valence-corrected chi connectivity index (χ4v) is 3.58. The van der Waals surface area contributed by atoms with Crippen molar-refractivity contribution in [3.8, 4) is 11.5 Å². The van der Waals surface area contributed by atoms with E-state index in [9.17, 15) is 22.8 Å². The second-order valence-corrected chi connectivity index (χ2v) is 7.09. The number of esters is 1. The van der Waals surface area contributed by atoms with E-state index in [0.29, 0.717) is 36.5 Å². The van der Waals surface area contributed by atoms with E-state index in [1.165, 1.54) is 20.3 Å². The molecule has 11 heteroatoms. The third kappa shape index (κ3) is 5.40. The van der Waals surface area contributed by atoms with Gasteiger partial charge in [-0.1, -0.05) is 6.07 Å². The molecule has 2 rings (SSSR count). The molecule has 1 fully saturated rings. The van der Waals surface area contributed by atoms with Crippen molar-refractivity contribution in [2.75, 3.05) is 34.5 Å². The third-order valence-corrected chi connectivity index (χ3v) is 4.99. The number of hydrogen-bond donors (Lipinski definition) is 1. The zero-order chi connectivity index (χ0) is 23.2. The molecule has 1 aliphatic rings. The Morgan fingerprint density at radius 1 is 1.19 bits per heavy atom. The van der Waals surface area contributed by atoms with Crippen LogP contribution in [0.1, 0.15) is 25.3 Å². The van der Waals surface area contributed by atoms with Gasteiger partial charge >= 0.3 is 12.1 Å². The fraction of sp³-hybridized carbons (Fsp3) is 0.600. The van der Waals surface area contributed by atoms with Crippen molar-refractivity contribution in [3.63, 3.8) is 0 Å². The summed E-state index contributed by atoms with van der Waals surface area (Å²) in [6.45, 7) is 0.703. The van der Waals surface area contributed by atoms with Crippen molar-refractivity contribution in [1.29, 1.82) is 0 Å². The summed E-state index contributed by atoms with van der Waals surface area (Å²) in [6, 6.07) is 4.60. The molecule has 0 aromatic heterocycles. The molecule has 174 valence electrons. The first kappa shape index (κ1) is 24.7. The van der Waals surface area contributed by atoms with Gasteiger partial charge in [0.15, 0.2) is 11.5 Å². The Morgan fingerprint density at radius 3 is 2.35 bits per heavy atom. The molecule has 0 spiro atoms. The summed E-state index contributed by atoms with van der Waals surface area (Å²) in [6.07, 6.45) is -4.51. The molecule has 0 radical (unpaired) electrons. The van der Waals surface area contributed by atoms with Crippen molar-refractivity contribution in [2.45, 2.75) is 44.3 Å². The lowest BCUT2D eigenvalue weighted by atomic mass is 10.0. The molecule has 1 heterocycles. The zero-order valence-electron chi connectivity index (χ0n) is 17.9. The van der Waals surface area contributed by atoms with Gasteiger partial charge in [-0.05, 0) is 30.5 Å². The molecule has 1 aliphatic heterocycles. The quantitative estimate of drug-likeness (QED) is 0.458. The number of methoxy groups -OCH3 is 3. The highest BCUT2D eigenvalue weighted by Crippen LogP contribution is 2.37. The lowest BCUT2D eigenvalue weighted by molar-refractivity contribution is -0.252. The highest BCUT2D eigenvalue weighted by molar-refractivity contribution is 5.87. The van der Waals surface area contributed by atoms with Crippen LogP contribution in [-0.4, -0.2) is 69.2 Å². The van der Waals surface area contributed by atoms with Gasteiger partial charge < -0.3 is 24.3 Å². The molecule has 2 atom stereocenters. The van der Waals surface area contributed by atoms with Gasteiger partial charge in [0.05, 0.1) is 27.4 Å². The molecule has 8 nitrogen and oxygen atoms in total. The molecule has 0 bridgehead atoms. The predicted octanol–water partition coefficient (Wildman–Crippen LogP) is 2.25. The largest absolute Gasteiger partial charge is 0.493 e. The number of halogens is 3. The monoisotopic (exact) mass is 448 g/mol. The smallest absolute Gasteiger partial charge is 0.436 e. The normalized spacial score (nSPS) is 18.4. The minimum atomic E-state index is -5.18. The Balaban J connectivity index is 2.57. The van der Waals surface area contributed by atoms with Gasteiger partial charge in [0.25, 0.3) is 5.66 Å². The summed E-state index contributed by atoms with van der Waals surface area (Å²) < 4.78 is 63.7. The molecule has 31 heavy (non-hydrogen) atoms. The van der Waals surface area contributed by atoms with Gasteiger partial charge in [-0.15, -0.1) is 0 Å². The van der Waals surface area contributed by atoms with Crippen LogP contribution in [0.15, 0.2) is 18.2 Å². The van der Waals surface area contributed by atoms with Crippen LogP contribution in [-0.2, 0) is 25.6 Å². The molecular formula is C20H27F3N2O6. The standard InChI is InChI=1S/C20H27F3N2O6/c1-13(26)24-19(18(27)30-4,20(21,22)23)25(12-15-6-5-9-31-15)11-14-7-8-16(28-2)17(10-14)29-3/h7-8,10,15H,5-6,9,11-12H2,1-4H3,(H,24,26)/t15-,19+/m0/s1. The van der Waals surface area contributed by atoms with Crippen molar-refractivity contribution in [2.24, 2.45) is 0 Å². The molecule has 1 N–H and O–H groups in total. The third-order valence-electron chi connectivity index (χ3n) is 4.99. The fourth-order valence-electron chi connectivity index (χ4n) is 3.58. The zero-order valence-corrected chi connectivity index (χ0v) is 17.9. The summed E-state index contributed by atoms with van der Waals surface area (Å²) in [5, 5.41) is 1.81. The maximum atomic E-state index is 14.4. The maximum absolute atomic E-state index is 14.4. The van der Waals surface area contributed by atoms with Gasteiger partial charge in [0, 0.05) is 26.6 Å². The number of carbonyl (C=O) groups is 2. The van der Waals surface area contributed by atoms with Crippen molar-refractivity contribution >= 4 is 11.9 Å². The average Bonchev–Trinajstić information content (AvgIpc) is 3.22. The SMILES string of the molecule is COC(=O)[C@@](NC(C)=O)(N(Cc1ccc(OC)c(OC)c1)C[C@@H]1CCCO1)C(F)(F)F. The van der Waals surface area contributed by atoms with Crippen LogP contribution in [0.2, 0.25) is 0 Å². The number of rotatable bonds is 9. The molecule has 0 unspecified atom stereocenters. The molecule has 0 aliphatic carbocycles. The van der Waals surface area contributed by atoms with E-state index in [1.807, 2.05) is 0 Å². The number of carbonyl (C=O) groups excluding carboxylic acids is 2. The van der Waals surface area contributed by atoms with Crippen LogP contribution < -0.4 is 14.8 Å². The van der Waals surface area contributed by atoms with Crippen LogP contribution in [0.4, 0.5) is 13.2 Å². The first-order chi connectivity index (χ1) is 14.6. The first-order valence-electron chi connectivity index (χ1n) is 9.60. The second kappa shape index (κ2) is 10.2. The van der Waals surface area contributed by atoms with Gasteiger partial charge in [0.1, 0.15) is 0 Å². The molecular weight excluding hydrogens is 421 g/mol. The Hall–Kier alpha value is -2.53. The van der Waals surface area contributed by atoms with Crippen LogP contribution in [0.5, 0.6) is 11.5 Å². The molecule has 1 aromatic rings. The van der Waals surface area contributed by atoms with E-state index in [0.717, 1.165) is 18.9 Å². The molecule has 1 aromatic carbocycles. The minimum Gasteiger partial charge on any atom is -0.493 e. The lowest BCUT2D eigenvalue weighted by Crippen LogP contribution is -2.73. The Labute approximate surface area is 178 Å². The number of nitrogens with zero attached hydrogens (tertiary/aromatic N) is 1. The Kier molecular flexibility index (Phi) is 8.13. The molecule has 0 saturated carbocycles. The van der Waals surface area contributed by atoms with Crippen molar-refractivity contribution < 1.29 is 41.7 Å². The number of alkyl halides is 3. The highest BCUT2D eigenvalue weighted by Gasteiger charge is 2.66. The summed E-state index contributed by atoms with van der Waals surface area (Å²) >= 11 is 0. The summed E-state index contributed by atoms with van der Waals surface area (Å²) in [5.74, 6) is -1.97. The molecule has 1 amide bonds. The van der Waals surface area contributed by atoms with E-state index >= 15 is 0 Å². The van der Waals surface area contributed by atoms with Crippen molar-refractivity contribution in [1.82, 2.24) is 10.2 Å². The number of benzene rings is 1. The van der Waals surface area contributed by atoms with E-state index in [2.05, 4.69) is 4.74 Å². The second-order valence-electron chi connectivity index (χ2n) is 7.09. The average molecular weight is 448 g/mol. The lowest BCUT2D eigenvalue weighted by Gasteiger charge is -2.43. The topological polar surface area (TPSA) is 86.3 Å². The van der Waals surface area contributed by atoms with Crippen LogP contribution in [0, 0.1) is 0 Å². The van der Waals surface area contributed by atoms with Gasteiger partial charge in [-0.2, -0.15) is 13.2 Å². The van der Waals surface area contributed by atoms with Crippen LogP contribution >= 0.6 is 0 Å². The van der Waals surface area contributed by atoms with Gasteiger partial charge in [0.2, 0.25) is 5.91 Å². The van der Waals surface area contributed by atoms with Gasteiger partial charge in [-0.25, -0.2) is 4.79 Å². The van der Waals surface area contributed by atoms with E-state index < -0.39 is 29.8 Å². The summed E-state index contributed by atoms with van der Waals surface area (Å²) in [7, 11) is 3.67. The van der Waals surface area contributed by atoms with Crippen LogP contribution in [0.3, 0.4) is 0 Å². The van der Waals surface area contributed by atoms with E-state index in [4.69, 9.17) is 14.2 Å². The summed E-state index contributed by atoms with van der Waals surface area (Å²) in [5.41, 5.74) is -2.99. The summed E-state index contributed by atoms with van der Waals surface area (Å²) in [4.78, 5) is 25.2. The highest BCUT2D eigenvalue weighted by atomic mass is 19.4. The first-order valence-corrected chi connectivity index (χ1v) is 9.60. The number of hydrogen-bond acceptors (Lipinski definition) is 7. The Morgan fingerprint density at radius 2 is 1.87 bits per heavy atom. The minimum absolute atomic E-state index is 0.261. The number of nitrogens with one attached hydrogen (secondary N) is 1. The van der Waals surface area contributed by atoms with E-state index in [1.54, 1.807) is 17.4 Å². The van der Waals surface area contributed by atoms with Crippen LogP contribution in [0.25, 0.3) is 0 Å². The van der Waals surface area contributed by atoms with E-state index in [-0.39, 0.29) is 13.1 Å². The van der Waals surface area contributed by atoms with Crippen molar-refractivity contribution in [3.05, 3.63) is 23.8 Å². The Bertz CT molecular complexity index is 783. The van der Waals surface area contributed by atoms with Gasteiger partial charge in [-0.3, -0.25) is 9.69 Å². The molecule has 1 saturated heterocycles. The predicted molar refractivity (Wildman–Crippen MR) is 104 cm³/mol. The number of ether oxygens (including phenoxy) is 4. The number of amides is 1. The maximum Gasteiger partial charge on any atom is 0.436 e.